The van der Waals surface area contributed by atoms with Crippen LogP contribution in [0.4, 0.5) is 5.69 Å². The van der Waals surface area contributed by atoms with Crippen LogP contribution in [-0.2, 0) is 19.6 Å². The maximum Gasteiger partial charge on any atom is 0.323 e. The summed E-state index contributed by atoms with van der Waals surface area (Å²) in [6, 6.07) is 4.56. The lowest BCUT2D eigenvalue weighted by Gasteiger charge is -2.35. The first kappa shape index (κ1) is 16.8. The molecule has 9 nitrogen and oxygen atoms in total. The topological polar surface area (TPSA) is 110 Å². The summed E-state index contributed by atoms with van der Waals surface area (Å²) in [4.78, 5) is 23.7. The summed E-state index contributed by atoms with van der Waals surface area (Å²) in [5.74, 6) is -0.248. The van der Waals surface area contributed by atoms with Crippen LogP contribution in [0.25, 0.3) is 0 Å². The van der Waals surface area contributed by atoms with Crippen molar-refractivity contribution < 1.29 is 22.9 Å². The number of sulfonamides is 1. The minimum absolute atomic E-state index is 0.0295. The van der Waals surface area contributed by atoms with Gasteiger partial charge in [-0.05, 0) is 12.1 Å². The Balaban J connectivity index is 1.68. The van der Waals surface area contributed by atoms with Crippen molar-refractivity contribution in [2.45, 2.75) is 17.4 Å². The van der Waals surface area contributed by atoms with Crippen molar-refractivity contribution in [1.82, 2.24) is 9.21 Å². The van der Waals surface area contributed by atoms with Gasteiger partial charge in [-0.25, -0.2) is 8.42 Å². The van der Waals surface area contributed by atoms with E-state index < -0.39 is 14.9 Å². The van der Waals surface area contributed by atoms with Crippen molar-refractivity contribution in [2.24, 2.45) is 0 Å². The molecule has 2 aliphatic heterocycles. The summed E-state index contributed by atoms with van der Waals surface area (Å²) in [6.45, 7) is 1.84. The molecule has 3 rings (SSSR count). The van der Waals surface area contributed by atoms with E-state index in [1.165, 1.54) is 28.6 Å². The van der Waals surface area contributed by atoms with Gasteiger partial charge in [0.1, 0.15) is 6.04 Å². The average molecular weight is 355 g/mol. The Labute approximate surface area is 139 Å². The van der Waals surface area contributed by atoms with Gasteiger partial charge in [0.25, 0.3) is 5.69 Å². The second-order valence-corrected chi connectivity index (χ2v) is 7.60. The number of carbonyl (C=O) groups excluding carboxylic acids is 1. The number of nitrogens with zero attached hydrogens (tertiary/aromatic N) is 3. The highest BCUT2D eigenvalue weighted by atomic mass is 32.2. The molecule has 0 radical (unpaired) electrons. The molecule has 0 N–H and O–H groups in total. The fourth-order valence-corrected chi connectivity index (χ4v) is 4.38. The number of hydrogen-bond acceptors (Lipinski definition) is 7. The molecule has 2 aliphatic rings. The average Bonchev–Trinajstić information content (AvgIpc) is 3.01. The molecule has 0 aromatic heterocycles. The zero-order valence-corrected chi connectivity index (χ0v) is 13.6. The number of carbonyl (C=O) groups is 1. The summed E-state index contributed by atoms with van der Waals surface area (Å²) in [5.41, 5.74) is -0.154. The Morgan fingerprint density at radius 2 is 1.75 bits per heavy atom. The van der Waals surface area contributed by atoms with Gasteiger partial charge in [0.15, 0.2) is 0 Å². The number of non-ortho nitro benzene ring substituents is 1. The van der Waals surface area contributed by atoms with Gasteiger partial charge in [0.05, 0.1) is 16.4 Å². The number of nitro benzene ring substituents is 1. The number of piperazine rings is 1. The fourth-order valence-electron chi connectivity index (χ4n) is 2.96. The van der Waals surface area contributed by atoms with E-state index >= 15 is 0 Å². The van der Waals surface area contributed by atoms with E-state index in [0.29, 0.717) is 26.1 Å². The van der Waals surface area contributed by atoms with Gasteiger partial charge in [-0.2, -0.15) is 4.31 Å². The summed E-state index contributed by atoms with van der Waals surface area (Å²) in [5, 5.41) is 10.7. The molecule has 0 unspecified atom stereocenters. The van der Waals surface area contributed by atoms with Crippen molar-refractivity contribution in [1.29, 1.82) is 0 Å². The molecule has 0 aliphatic carbocycles. The SMILES string of the molecule is O=C1OCC[C@H]1N1CCN(S(=O)(=O)c2ccc([N+](=O)[O-])cc2)CC1. The molecule has 2 saturated heterocycles. The van der Waals surface area contributed by atoms with Crippen LogP contribution in [0.3, 0.4) is 0 Å². The molecular formula is C14H17N3O6S. The summed E-state index contributed by atoms with van der Waals surface area (Å²) >= 11 is 0. The second-order valence-electron chi connectivity index (χ2n) is 5.66. The molecule has 2 fully saturated rings. The van der Waals surface area contributed by atoms with Crippen LogP contribution >= 0.6 is 0 Å². The maximum absolute atomic E-state index is 12.6. The number of esters is 1. The monoisotopic (exact) mass is 355 g/mol. The van der Waals surface area contributed by atoms with Gasteiger partial charge in [-0.15, -0.1) is 0 Å². The van der Waals surface area contributed by atoms with Crippen molar-refractivity contribution in [3.8, 4) is 0 Å². The van der Waals surface area contributed by atoms with E-state index in [-0.39, 0.29) is 35.7 Å². The number of nitro groups is 1. The second kappa shape index (κ2) is 6.46. The van der Waals surface area contributed by atoms with Crippen LogP contribution in [0.2, 0.25) is 0 Å². The predicted octanol–water partition coefficient (Wildman–Crippen LogP) is 0.217. The van der Waals surface area contributed by atoms with E-state index in [4.69, 9.17) is 4.74 Å². The largest absolute Gasteiger partial charge is 0.464 e. The molecule has 130 valence electrons. The van der Waals surface area contributed by atoms with E-state index in [0.717, 1.165) is 0 Å². The van der Waals surface area contributed by atoms with Crippen LogP contribution in [0.15, 0.2) is 29.2 Å². The third kappa shape index (κ3) is 3.12. The highest BCUT2D eigenvalue weighted by Gasteiger charge is 2.36. The van der Waals surface area contributed by atoms with E-state index in [1.807, 2.05) is 4.90 Å². The first-order chi connectivity index (χ1) is 11.4. The third-order valence-corrected chi connectivity index (χ3v) is 6.22. The molecule has 0 amide bonds. The Bertz CT molecular complexity index is 740. The summed E-state index contributed by atoms with van der Waals surface area (Å²) in [6.07, 6.45) is 0.633. The summed E-state index contributed by atoms with van der Waals surface area (Å²) in [7, 11) is -3.70. The Kier molecular flexibility index (Phi) is 4.52. The molecule has 0 saturated carbocycles. The summed E-state index contributed by atoms with van der Waals surface area (Å²) < 4.78 is 31.5. The third-order valence-electron chi connectivity index (χ3n) is 4.31. The van der Waals surface area contributed by atoms with E-state index in [9.17, 15) is 23.3 Å². The van der Waals surface area contributed by atoms with Gasteiger partial charge < -0.3 is 4.74 Å². The maximum atomic E-state index is 12.6. The minimum atomic E-state index is -3.70. The molecule has 1 atom stereocenters. The van der Waals surface area contributed by atoms with Gasteiger partial charge >= 0.3 is 5.97 Å². The number of benzene rings is 1. The van der Waals surface area contributed by atoms with Gasteiger partial charge in [0.2, 0.25) is 10.0 Å². The molecule has 0 bridgehead atoms. The molecule has 24 heavy (non-hydrogen) atoms. The van der Waals surface area contributed by atoms with Crippen molar-refractivity contribution in [3.05, 3.63) is 34.4 Å². The zero-order valence-electron chi connectivity index (χ0n) is 12.8. The first-order valence-electron chi connectivity index (χ1n) is 7.55. The smallest absolute Gasteiger partial charge is 0.323 e. The number of cyclic esters (lactones) is 1. The van der Waals surface area contributed by atoms with Crippen LogP contribution < -0.4 is 0 Å². The number of ether oxygens (including phenoxy) is 1. The van der Waals surface area contributed by atoms with Crippen molar-refractivity contribution >= 4 is 21.7 Å². The lowest BCUT2D eigenvalue weighted by Crippen LogP contribution is -2.52. The van der Waals surface area contributed by atoms with Gasteiger partial charge in [0, 0.05) is 44.7 Å². The van der Waals surface area contributed by atoms with Crippen molar-refractivity contribution in [2.75, 3.05) is 32.8 Å². The lowest BCUT2D eigenvalue weighted by molar-refractivity contribution is -0.384. The van der Waals surface area contributed by atoms with Gasteiger partial charge in [-0.1, -0.05) is 0 Å². The predicted molar refractivity (Wildman–Crippen MR) is 82.8 cm³/mol. The highest BCUT2D eigenvalue weighted by Crippen LogP contribution is 2.22. The standard InChI is InChI=1S/C14H17N3O6S/c18-14-13(5-10-23-14)15-6-8-16(9-7-15)24(21,22)12-3-1-11(2-4-12)17(19)20/h1-4,13H,5-10H2/t13-/m1/s1. The van der Waals surface area contributed by atoms with Crippen molar-refractivity contribution in [3.63, 3.8) is 0 Å². The van der Waals surface area contributed by atoms with Crippen LogP contribution in [-0.4, -0.2) is 67.3 Å². The number of rotatable bonds is 4. The van der Waals surface area contributed by atoms with E-state index in [2.05, 4.69) is 0 Å². The lowest BCUT2D eigenvalue weighted by atomic mass is 10.2. The van der Waals surface area contributed by atoms with Gasteiger partial charge in [-0.3, -0.25) is 19.8 Å². The van der Waals surface area contributed by atoms with Crippen LogP contribution in [0, 0.1) is 10.1 Å². The minimum Gasteiger partial charge on any atom is -0.464 e. The molecule has 0 spiro atoms. The van der Waals surface area contributed by atoms with Crippen LogP contribution in [0.5, 0.6) is 0 Å². The quantitative estimate of drug-likeness (QED) is 0.431. The zero-order chi connectivity index (χ0) is 17.3. The normalized spacial score (nSPS) is 23.2. The Hall–Kier alpha value is -2.04. The van der Waals surface area contributed by atoms with E-state index in [1.54, 1.807) is 0 Å². The number of hydrogen-bond donors (Lipinski definition) is 0. The molecule has 10 heteroatoms. The van der Waals surface area contributed by atoms with Crippen LogP contribution in [0.1, 0.15) is 6.42 Å². The molecular weight excluding hydrogens is 338 g/mol. The molecule has 1 aromatic rings. The first-order valence-corrected chi connectivity index (χ1v) is 8.99. The molecule has 2 heterocycles. The Morgan fingerprint density at radius 3 is 2.25 bits per heavy atom. The highest BCUT2D eigenvalue weighted by molar-refractivity contribution is 7.89. The fraction of sp³-hybridized carbons (Fsp3) is 0.500. The molecule has 1 aromatic carbocycles. The Morgan fingerprint density at radius 1 is 1.12 bits per heavy atom.